The SMILES string of the molecule is C/C=C/C(=O)SCCNC(=O)CCNC(=O)[C@H](O)C(C)(C)COP(=O)(O)OP(=O)(O)OC[C@H]1O[C@@H](n2cnc3c(N)ncnc32)[C@H](O)[C@@H]1OP(=O)([O-])O.[Li+]. The second-order valence-electron chi connectivity index (χ2n) is 11.7. The van der Waals surface area contributed by atoms with Crippen molar-refractivity contribution in [3.8, 4) is 0 Å². The summed E-state index contributed by atoms with van der Waals surface area (Å²) >= 11 is 1.01. The van der Waals surface area contributed by atoms with E-state index in [0.717, 1.165) is 29.0 Å². The second-order valence-corrected chi connectivity index (χ2v) is 17.0. The number of nitrogens with two attached hydrogens (primary N) is 1. The monoisotopic (exact) mass is 841 g/mol. The van der Waals surface area contributed by atoms with Crippen molar-refractivity contribution in [2.75, 3.05) is 37.8 Å². The van der Waals surface area contributed by atoms with Crippen LogP contribution in [0.15, 0.2) is 24.8 Å². The molecule has 1 saturated heterocycles. The number of fused-ring (bicyclic) bond motifs is 1. The van der Waals surface area contributed by atoms with Crippen LogP contribution in [0.2, 0.25) is 0 Å². The fourth-order valence-corrected chi connectivity index (χ4v) is 7.92. The number of ether oxygens (including phenoxy) is 1. The molecule has 1 fully saturated rings. The molecule has 0 bridgehead atoms. The standard InChI is InChI=1S/C25H40N7O17P3S.Li/c1-4-5-16(34)53-9-8-27-15(33)6-7-28-23(37)20(36)25(2,3)11-46-52(43,44)49-51(41,42)45-10-14-19(48-50(38,39)40)18(35)24(47-14)32-13-31-17-21(26)29-12-30-22(17)32;/h4-5,12-14,18-20,24,35-36H,6-11H2,1-3H3,(H,27,33)(H,28,37)(H,41,42)(H,43,44)(H2,26,29,30)(H2,38,39,40);/q;+1/p-1/b5-4+;/t14-,18-,19-,20+,24-;/m1./s1. The van der Waals surface area contributed by atoms with Gasteiger partial charge in [0.1, 0.15) is 36.3 Å². The molecule has 2 aromatic rings. The van der Waals surface area contributed by atoms with Gasteiger partial charge in [0.05, 0.1) is 19.5 Å². The van der Waals surface area contributed by atoms with Crippen molar-refractivity contribution in [1.82, 2.24) is 30.2 Å². The molecule has 8 atom stereocenters. The quantitative estimate of drug-likeness (QED) is 0.0270. The topological polar surface area (TPSA) is 366 Å². The van der Waals surface area contributed by atoms with Crippen molar-refractivity contribution in [1.29, 1.82) is 0 Å². The Bertz CT molecular complexity index is 1800. The zero-order valence-corrected chi connectivity index (χ0v) is 32.7. The molecule has 0 radical (unpaired) electrons. The number of phosphoric ester groups is 3. The number of allylic oxidation sites excluding steroid dienone is 1. The van der Waals surface area contributed by atoms with Gasteiger partial charge in [-0.3, -0.25) is 32.6 Å². The van der Waals surface area contributed by atoms with E-state index in [-0.39, 0.29) is 60.5 Å². The first-order chi connectivity index (χ1) is 24.6. The van der Waals surface area contributed by atoms with Gasteiger partial charge in [0.15, 0.2) is 17.7 Å². The maximum absolute atomic E-state index is 12.6. The number of carbonyl (C=O) groups excluding carboxylic acids is 3. The molecule has 24 nitrogen and oxygen atoms in total. The Morgan fingerprint density at radius 2 is 1.80 bits per heavy atom. The van der Waals surface area contributed by atoms with E-state index in [0.29, 0.717) is 5.75 Å². The summed E-state index contributed by atoms with van der Waals surface area (Å²) < 4.78 is 61.6. The third-order valence-electron chi connectivity index (χ3n) is 7.04. The smallest absolute Gasteiger partial charge is 0.756 e. The van der Waals surface area contributed by atoms with Crippen molar-refractivity contribution >= 4 is 69.1 Å². The van der Waals surface area contributed by atoms with Gasteiger partial charge < -0.3 is 55.4 Å². The van der Waals surface area contributed by atoms with Gasteiger partial charge in [0, 0.05) is 30.7 Å². The number of thioether (sulfide) groups is 1. The van der Waals surface area contributed by atoms with Crippen LogP contribution in [0.5, 0.6) is 0 Å². The molecule has 0 aromatic carbocycles. The number of amides is 2. The number of nitrogens with zero attached hydrogens (tertiary/aromatic N) is 4. The molecule has 2 amide bonds. The number of hydrogen-bond acceptors (Lipinski definition) is 19. The molecule has 3 unspecified atom stereocenters. The van der Waals surface area contributed by atoms with Crippen LogP contribution in [0.1, 0.15) is 33.4 Å². The summed E-state index contributed by atoms with van der Waals surface area (Å²) in [6.45, 7) is 2.12. The number of anilines is 1. The normalized spacial score (nSPS) is 22.8. The number of aliphatic hydroxyl groups is 2. The van der Waals surface area contributed by atoms with Crippen LogP contribution in [-0.2, 0) is 50.7 Å². The third kappa shape index (κ3) is 14.4. The largest absolute Gasteiger partial charge is 1.00 e. The number of imidazole rings is 1. The number of phosphoric acid groups is 3. The summed E-state index contributed by atoms with van der Waals surface area (Å²) in [5.41, 5.74) is 4.21. The van der Waals surface area contributed by atoms with E-state index in [1.165, 1.54) is 19.9 Å². The summed E-state index contributed by atoms with van der Waals surface area (Å²) in [7, 11) is -16.6. The maximum Gasteiger partial charge on any atom is 1.00 e. The summed E-state index contributed by atoms with van der Waals surface area (Å²) in [6, 6.07) is 0. The summed E-state index contributed by atoms with van der Waals surface area (Å²) in [5, 5.41) is 26.0. The zero-order chi connectivity index (χ0) is 39.8. The average molecular weight is 842 g/mol. The van der Waals surface area contributed by atoms with Crippen LogP contribution < -0.4 is 40.1 Å². The molecule has 9 N–H and O–H groups in total. The van der Waals surface area contributed by atoms with Gasteiger partial charge in [0.25, 0.3) is 7.82 Å². The Morgan fingerprint density at radius 3 is 2.44 bits per heavy atom. The molecule has 54 heavy (non-hydrogen) atoms. The van der Waals surface area contributed by atoms with Crippen LogP contribution in [-0.4, -0.2) is 118 Å². The molecule has 1 aliphatic rings. The Hall–Kier alpha value is -2.10. The summed E-state index contributed by atoms with van der Waals surface area (Å²) in [4.78, 5) is 88.7. The van der Waals surface area contributed by atoms with Gasteiger partial charge in [-0.1, -0.05) is 31.7 Å². The van der Waals surface area contributed by atoms with Crippen LogP contribution in [0.25, 0.3) is 11.2 Å². The fraction of sp³-hybridized carbons (Fsp3) is 0.600. The van der Waals surface area contributed by atoms with Gasteiger partial charge >= 0.3 is 34.5 Å². The molecule has 0 spiro atoms. The number of hydrogen-bond donors (Lipinski definition) is 8. The van der Waals surface area contributed by atoms with E-state index in [1.54, 1.807) is 13.0 Å². The van der Waals surface area contributed by atoms with E-state index in [2.05, 4.69) is 34.4 Å². The second kappa shape index (κ2) is 20.4. The Balaban J connectivity index is 0.0000101. The van der Waals surface area contributed by atoms with Crippen LogP contribution in [0, 0.1) is 5.41 Å². The molecular weight excluding hydrogens is 802 g/mol. The molecule has 0 aliphatic carbocycles. The van der Waals surface area contributed by atoms with Crippen molar-refractivity contribution in [2.45, 2.75) is 57.8 Å². The van der Waals surface area contributed by atoms with Crippen LogP contribution in [0.3, 0.4) is 0 Å². The van der Waals surface area contributed by atoms with E-state index < -0.39 is 84.6 Å². The third-order valence-corrected chi connectivity index (χ3v) is 11.0. The van der Waals surface area contributed by atoms with Gasteiger partial charge in [-0.25, -0.2) is 24.1 Å². The number of nitrogens with one attached hydrogen (secondary N) is 2. The van der Waals surface area contributed by atoms with Crippen molar-refractivity contribution in [2.24, 2.45) is 5.41 Å². The first kappa shape index (κ1) is 48.0. The minimum Gasteiger partial charge on any atom is -0.756 e. The van der Waals surface area contributed by atoms with Crippen LogP contribution >= 0.6 is 35.2 Å². The maximum atomic E-state index is 12.6. The van der Waals surface area contributed by atoms with Crippen molar-refractivity contribution in [3.05, 3.63) is 24.8 Å². The van der Waals surface area contributed by atoms with Crippen molar-refractivity contribution in [3.63, 3.8) is 0 Å². The molecule has 0 saturated carbocycles. The van der Waals surface area contributed by atoms with E-state index in [4.69, 9.17) is 19.5 Å². The molecule has 29 heteroatoms. The van der Waals surface area contributed by atoms with Gasteiger partial charge in [-0.15, -0.1) is 0 Å². The molecule has 1 aliphatic heterocycles. The molecule has 3 rings (SSSR count). The van der Waals surface area contributed by atoms with E-state index in [1.807, 2.05) is 0 Å². The number of carbonyl (C=O) groups is 3. The Morgan fingerprint density at radius 1 is 1.13 bits per heavy atom. The minimum atomic E-state index is -5.58. The number of nitrogen functional groups attached to an aromatic ring is 1. The predicted octanol–water partition coefficient (Wildman–Crippen LogP) is -4.39. The zero-order valence-electron chi connectivity index (χ0n) is 29.2. The predicted molar refractivity (Wildman–Crippen MR) is 180 cm³/mol. The molecule has 3 heterocycles. The van der Waals surface area contributed by atoms with Gasteiger partial charge in [-0.2, -0.15) is 4.31 Å². The number of rotatable bonds is 20. The van der Waals surface area contributed by atoms with E-state index >= 15 is 0 Å². The number of aromatic nitrogens is 4. The molecule has 298 valence electrons. The average Bonchev–Trinajstić information content (AvgIpc) is 3.61. The van der Waals surface area contributed by atoms with Gasteiger partial charge in [-0.05, 0) is 13.0 Å². The summed E-state index contributed by atoms with van der Waals surface area (Å²) in [5.74, 6) is -1.15. The van der Waals surface area contributed by atoms with Gasteiger partial charge in [0.2, 0.25) is 16.9 Å². The first-order valence-corrected chi connectivity index (χ1v) is 20.7. The fourth-order valence-electron chi connectivity index (χ4n) is 4.46. The minimum absolute atomic E-state index is 0. The molecular formula is C25H39LiN7O17P3S. The molecule has 2 aromatic heterocycles. The van der Waals surface area contributed by atoms with Crippen molar-refractivity contribution < 1.29 is 99.3 Å². The number of aliphatic hydroxyl groups excluding tert-OH is 2. The van der Waals surface area contributed by atoms with Crippen LogP contribution in [0.4, 0.5) is 5.82 Å². The summed E-state index contributed by atoms with van der Waals surface area (Å²) in [6.07, 6.45) is -4.15. The Labute approximate surface area is 323 Å². The Kier molecular flexibility index (Phi) is 18.1. The van der Waals surface area contributed by atoms with E-state index in [9.17, 15) is 57.9 Å². The first-order valence-electron chi connectivity index (χ1n) is 15.2.